The standard InChI is InChI=1S/C22H25FN2O4/c1-28-19-7-6-15(12-20(19)29-2)13-21(26)25-10-8-18(9-11-25)24-22(27)16-4-3-5-17(23)14-16/h3-7,12,14,18H,8-11,13H2,1-2H3,(H,24,27). The summed E-state index contributed by atoms with van der Waals surface area (Å²) in [5.41, 5.74) is 1.16. The van der Waals surface area contributed by atoms with Crippen LogP contribution in [-0.2, 0) is 11.2 Å². The molecule has 1 heterocycles. The van der Waals surface area contributed by atoms with Gasteiger partial charge in [-0.05, 0) is 48.7 Å². The summed E-state index contributed by atoms with van der Waals surface area (Å²) >= 11 is 0. The molecule has 1 aliphatic heterocycles. The van der Waals surface area contributed by atoms with E-state index in [9.17, 15) is 14.0 Å². The van der Waals surface area contributed by atoms with Crippen molar-refractivity contribution in [2.45, 2.75) is 25.3 Å². The number of carbonyl (C=O) groups excluding carboxylic acids is 2. The average Bonchev–Trinajstić information content (AvgIpc) is 2.74. The second-order valence-corrected chi connectivity index (χ2v) is 7.00. The maximum atomic E-state index is 13.3. The summed E-state index contributed by atoms with van der Waals surface area (Å²) in [6.07, 6.45) is 1.61. The lowest BCUT2D eigenvalue weighted by Crippen LogP contribution is -2.47. The SMILES string of the molecule is COc1ccc(CC(=O)N2CCC(NC(=O)c3cccc(F)c3)CC2)cc1OC. The van der Waals surface area contributed by atoms with E-state index in [0.717, 1.165) is 5.56 Å². The van der Waals surface area contributed by atoms with Crippen molar-refractivity contribution in [1.82, 2.24) is 10.2 Å². The molecular weight excluding hydrogens is 375 g/mol. The second kappa shape index (κ2) is 9.41. The van der Waals surface area contributed by atoms with Crippen molar-refractivity contribution < 1.29 is 23.5 Å². The minimum absolute atomic E-state index is 0.0316. The van der Waals surface area contributed by atoms with Gasteiger partial charge in [0.05, 0.1) is 20.6 Å². The number of benzene rings is 2. The van der Waals surface area contributed by atoms with Crippen LogP contribution in [0.3, 0.4) is 0 Å². The zero-order valence-corrected chi connectivity index (χ0v) is 16.6. The number of piperidine rings is 1. The number of amides is 2. The fourth-order valence-electron chi connectivity index (χ4n) is 3.45. The van der Waals surface area contributed by atoms with Crippen LogP contribution in [0.5, 0.6) is 11.5 Å². The van der Waals surface area contributed by atoms with Gasteiger partial charge in [0.25, 0.3) is 5.91 Å². The molecule has 1 N–H and O–H groups in total. The fourth-order valence-corrected chi connectivity index (χ4v) is 3.45. The van der Waals surface area contributed by atoms with Crippen LogP contribution in [0.4, 0.5) is 4.39 Å². The highest BCUT2D eigenvalue weighted by molar-refractivity contribution is 5.94. The van der Waals surface area contributed by atoms with Gasteiger partial charge in [-0.3, -0.25) is 9.59 Å². The number of likely N-dealkylation sites (tertiary alicyclic amines) is 1. The van der Waals surface area contributed by atoms with Gasteiger partial charge in [0.2, 0.25) is 5.91 Å². The van der Waals surface area contributed by atoms with Crippen molar-refractivity contribution in [3.63, 3.8) is 0 Å². The molecule has 1 fully saturated rings. The average molecular weight is 400 g/mol. The number of rotatable bonds is 6. The van der Waals surface area contributed by atoms with Crippen LogP contribution in [-0.4, -0.2) is 50.1 Å². The maximum absolute atomic E-state index is 13.3. The Labute approximate surface area is 169 Å². The molecule has 3 rings (SSSR count). The Bertz CT molecular complexity index is 879. The lowest BCUT2D eigenvalue weighted by atomic mass is 10.0. The fraction of sp³-hybridized carbons (Fsp3) is 0.364. The lowest BCUT2D eigenvalue weighted by Gasteiger charge is -2.32. The summed E-state index contributed by atoms with van der Waals surface area (Å²) in [4.78, 5) is 26.7. The predicted octanol–water partition coefficient (Wildman–Crippen LogP) is 2.81. The van der Waals surface area contributed by atoms with Crippen molar-refractivity contribution >= 4 is 11.8 Å². The molecule has 0 unspecified atom stereocenters. The summed E-state index contributed by atoms with van der Waals surface area (Å²) < 4.78 is 23.8. The third-order valence-corrected chi connectivity index (χ3v) is 5.07. The van der Waals surface area contributed by atoms with Gasteiger partial charge in [0.1, 0.15) is 5.82 Å². The van der Waals surface area contributed by atoms with Crippen LogP contribution < -0.4 is 14.8 Å². The summed E-state index contributed by atoms with van der Waals surface area (Å²) in [6, 6.07) is 11.0. The topological polar surface area (TPSA) is 67.9 Å². The van der Waals surface area contributed by atoms with Gasteiger partial charge in [0.15, 0.2) is 11.5 Å². The van der Waals surface area contributed by atoms with Gasteiger partial charge in [-0.2, -0.15) is 0 Å². The van der Waals surface area contributed by atoms with E-state index < -0.39 is 5.82 Å². The van der Waals surface area contributed by atoms with E-state index in [1.807, 2.05) is 17.0 Å². The summed E-state index contributed by atoms with van der Waals surface area (Å²) in [5, 5.41) is 2.93. The van der Waals surface area contributed by atoms with Gasteiger partial charge >= 0.3 is 0 Å². The monoisotopic (exact) mass is 400 g/mol. The van der Waals surface area contributed by atoms with Crippen molar-refractivity contribution in [3.05, 3.63) is 59.4 Å². The molecule has 2 amide bonds. The number of carbonyl (C=O) groups is 2. The molecule has 154 valence electrons. The molecule has 0 saturated carbocycles. The largest absolute Gasteiger partial charge is 0.493 e. The minimum atomic E-state index is -0.437. The van der Waals surface area contributed by atoms with E-state index in [1.165, 1.54) is 18.2 Å². The van der Waals surface area contributed by atoms with Crippen molar-refractivity contribution in [2.24, 2.45) is 0 Å². The number of hydrogen-bond acceptors (Lipinski definition) is 4. The van der Waals surface area contributed by atoms with Crippen LogP contribution in [0.2, 0.25) is 0 Å². The summed E-state index contributed by atoms with van der Waals surface area (Å²) in [5.74, 6) is 0.523. The van der Waals surface area contributed by atoms with Gasteiger partial charge in [0, 0.05) is 24.7 Å². The van der Waals surface area contributed by atoms with Crippen LogP contribution in [0.15, 0.2) is 42.5 Å². The number of nitrogens with one attached hydrogen (secondary N) is 1. The summed E-state index contributed by atoms with van der Waals surface area (Å²) in [6.45, 7) is 1.14. The van der Waals surface area contributed by atoms with Gasteiger partial charge in [-0.15, -0.1) is 0 Å². The molecular formula is C22H25FN2O4. The van der Waals surface area contributed by atoms with Gasteiger partial charge in [-0.1, -0.05) is 12.1 Å². The second-order valence-electron chi connectivity index (χ2n) is 7.00. The molecule has 0 spiro atoms. The van der Waals surface area contributed by atoms with Crippen LogP contribution in [0, 0.1) is 5.82 Å². The Morgan fingerprint density at radius 3 is 2.45 bits per heavy atom. The van der Waals surface area contributed by atoms with Crippen LogP contribution in [0.25, 0.3) is 0 Å². The molecule has 1 aliphatic rings. The number of ether oxygens (including phenoxy) is 2. The highest BCUT2D eigenvalue weighted by atomic mass is 19.1. The molecule has 2 aromatic rings. The van der Waals surface area contributed by atoms with Crippen molar-refractivity contribution in [3.8, 4) is 11.5 Å². The Morgan fingerprint density at radius 2 is 1.79 bits per heavy atom. The van der Waals surface area contributed by atoms with E-state index in [0.29, 0.717) is 43.0 Å². The molecule has 2 aromatic carbocycles. The first kappa shape index (κ1) is 20.6. The zero-order valence-electron chi connectivity index (χ0n) is 16.6. The molecule has 0 aliphatic carbocycles. The Morgan fingerprint density at radius 1 is 1.07 bits per heavy atom. The first-order valence-corrected chi connectivity index (χ1v) is 9.55. The number of halogens is 1. The zero-order chi connectivity index (χ0) is 20.8. The van der Waals surface area contributed by atoms with Gasteiger partial charge in [-0.25, -0.2) is 4.39 Å². The van der Waals surface area contributed by atoms with E-state index in [4.69, 9.17) is 9.47 Å². The predicted molar refractivity (Wildman–Crippen MR) is 107 cm³/mol. The Balaban J connectivity index is 1.51. The quantitative estimate of drug-likeness (QED) is 0.810. The molecule has 6 nitrogen and oxygen atoms in total. The Hall–Kier alpha value is -3.09. The third kappa shape index (κ3) is 5.25. The minimum Gasteiger partial charge on any atom is -0.493 e. The highest BCUT2D eigenvalue weighted by Crippen LogP contribution is 2.28. The summed E-state index contributed by atoms with van der Waals surface area (Å²) in [7, 11) is 3.13. The molecule has 7 heteroatoms. The first-order chi connectivity index (χ1) is 14.0. The molecule has 0 radical (unpaired) electrons. The molecule has 0 bridgehead atoms. The van der Waals surface area contributed by atoms with Gasteiger partial charge < -0.3 is 19.7 Å². The molecule has 0 atom stereocenters. The third-order valence-electron chi connectivity index (χ3n) is 5.07. The number of hydrogen-bond donors (Lipinski definition) is 1. The normalized spacial score (nSPS) is 14.4. The molecule has 0 aromatic heterocycles. The van der Waals surface area contributed by atoms with Crippen LogP contribution in [0.1, 0.15) is 28.8 Å². The van der Waals surface area contributed by atoms with Crippen LogP contribution >= 0.6 is 0 Å². The number of methoxy groups -OCH3 is 2. The van der Waals surface area contributed by atoms with E-state index in [-0.39, 0.29) is 24.3 Å². The number of nitrogens with zero attached hydrogens (tertiary/aromatic N) is 1. The lowest BCUT2D eigenvalue weighted by molar-refractivity contribution is -0.131. The Kier molecular flexibility index (Phi) is 6.69. The van der Waals surface area contributed by atoms with E-state index >= 15 is 0 Å². The van der Waals surface area contributed by atoms with E-state index in [2.05, 4.69) is 5.32 Å². The van der Waals surface area contributed by atoms with Crippen molar-refractivity contribution in [2.75, 3.05) is 27.3 Å². The van der Waals surface area contributed by atoms with E-state index in [1.54, 1.807) is 26.4 Å². The molecule has 1 saturated heterocycles. The first-order valence-electron chi connectivity index (χ1n) is 9.55. The molecule has 29 heavy (non-hydrogen) atoms. The highest BCUT2D eigenvalue weighted by Gasteiger charge is 2.24. The maximum Gasteiger partial charge on any atom is 0.251 e. The smallest absolute Gasteiger partial charge is 0.251 e. The van der Waals surface area contributed by atoms with Crippen molar-refractivity contribution in [1.29, 1.82) is 0 Å².